The Morgan fingerprint density at radius 2 is 2.31 bits per heavy atom. The number of aliphatic hydroxyl groups is 1. The van der Waals surface area contributed by atoms with E-state index in [4.69, 9.17) is 10.4 Å². The predicted molar refractivity (Wildman–Crippen MR) is 60.5 cm³/mol. The van der Waals surface area contributed by atoms with E-state index in [0.717, 1.165) is 11.3 Å². The topological polar surface area (TPSA) is 90.2 Å². The van der Waals surface area contributed by atoms with Gasteiger partial charge in [0, 0.05) is 6.04 Å². The zero-order valence-corrected chi connectivity index (χ0v) is 10.3. The van der Waals surface area contributed by atoms with Crippen LogP contribution in [0.5, 0.6) is 0 Å². The molecule has 0 saturated carbocycles. The predicted octanol–water partition coefficient (Wildman–Crippen LogP) is 0.669. The monoisotopic (exact) mass is 260 g/mol. The second-order valence-electron chi connectivity index (χ2n) is 3.14. The lowest BCUT2D eigenvalue weighted by Gasteiger charge is -2.12. The highest BCUT2D eigenvalue weighted by Crippen LogP contribution is 2.20. The quantitative estimate of drug-likeness (QED) is 0.814. The number of nitrogens with zero attached hydrogens (tertiary/aromatic N) is 1. The molecular weight excluding hydrogens is 248 g/mol. The highest BCUT2D eigenvalue weighted by atomic mass is 32.2. The Bertz CT molecular complexity index is 483. The first-order chi connectivity index (χ1) is 7.53. The van der Waals surface area contributed by atoms with Gasteiger partial charge in [0.25, 0.3) is 0 Å². The summed E-state index contributed by atoms with van der Waals surface area (Å²) in [5.41, 5.74) is 0. The Morgan fingerprint density at radius 3 is 2.75 bits per heavy atom. The summed E-state index contributed by atoms with van der Waals surface area (Å²) < 4.78 is 26.0. The molecule has 1 aromatic rings. The highest BCUT2D eigenvalue weighted by Gasteiger charge is 2.20. The molecule has 0 fully saturated rings. The molecule has 1 unspecified atom stereocenters. The van der Waals surface area contributed by atoms with E-state index in [-0.39, 0.29) is 10.8 Å². The van der Waals surface area contributed by atoms with Crippen LogP contribution in [-0.2, 0) is 10.0 Å². The number of hydrogen-bond acceptors (Lipinski definition) is 5. The molecule has 0 spiro atoms. The van der Waals surface area contributed by atoms with Crippen LogP contribution in [0.25, 0.3) is 0 Å². The van der Waals surface area contributed by atoms with E-state index in [1.165, 1.54) is 12.1 Å². The Balaban J connectivity index is 2.90. The van der Waals surface area contributed by atoms with Gasteiger partial charge in [0.15, 0.2) is 0 Å². The Morgan fingerprint density at radius 1 is 1.62 bits per heavy atom. The lowest BCUT2D eigenvalue weighted by molar-refractivity contribution is 0.254. The summed E-state index contributed by atoms with van der Waals surface area (Å²) >= 11 is 0.910. The minimum Gasteiger partial charge on any atom is -0.395 e. The van der Waals surface area contributed by atoms with Gasteiger partial charge in [0.05, 0.1) is 6.61 Å². The standard InChI is InChI=1S/C9H12N2O3S2/c1-2-7(6-12)11-16(13,14)9-4-3-8(5-10)15-9/h3-4,7,11-12H,2,6H2,1H3. The first-order valence-corrected chi connectivity index (χ1v) is 6.96. The van der Waals surface area contributed by atoms with Crippen LogP contribution in [0, 0.1) is 11.3 Å². The van der Waals surface area contributed by atoms with Gasteiger partial charge in [-0.2, -0.15) is 5.26 Å². The second kappa shape index (κ2) is 5.41. The number of hydrogen-bond donors (Lipinski definition) is 2. The van der Waals surface area contributed by atoms with E-state index in [9.17, 15) is 8.42 Å². The van der Waals surface area contributed by atoms with E-state index in [2.05, 4.69) is 4.72 Å². The van der Waals surface area contributed by atoms with Crippen molar-refractivity contribution in [3.63, 3.8) is 0 Å². The SMILES string of the molecule is CCC(CO)NS(=O)(=O)c1ccc(C#N)s1. The van der Waals surface area contributed by atoms with Crippen LogP contribution in [0.1, 0.15) is 18.2 Å². The van der Waals surface area contributed by atoms with Crippen molar-refractivity contribution in [1.29, 1.82) is 5.26 Å². The molecule has 0 saturated heterocycles. The summed E-state index contributed by atoms with van der Waals surface area (Å²) in [6.45, 7) is 1.53. The van der Waals surface area contributed by atoms with Gasteiger partial charge in [-0.3, -0.25) is 0 Å². The highest BCUT2D eigenvalue weighted by molar-refractivity contribution is 7.91. The lowest BCUT2D eigenvalue weighted by Crippen LogP contribution is -2.36. The zero-order chi connectivity index (χ0) is 12.2. The van der Waals surface area contributed by atoms with Gasteiger partial charge in [0.2, 0.25) is 10.0 Å². The first kappa shape index (κ1) is 13.1. The molecule has 0 amide bonds. The van der Waals surface area contributed by atoms with Crippen LogP contribution in [0.2, 0.25) is 0 Å². The average molecular weight is 260 g/mol. The molecule has 0 aliphatic carbocycles. The van der Waals surface area contributed by atoms with Gasteiger partial charge in [-0.25, -0.2) is 13.1 Å². The number of aliphatic hydroxyl groups excluding tert-OH is 1. The van der Waals surface area contributed by atoms with Crippen LogP contribution in [0.3, 0.4) is 0 Å². The maximum Gasteiger partial charge on any atom is 0.250 e. The summed E-state index contributed by atoms with van der Waals surface area (Å²) in [5.74, 6) is 0. The lowest BCUT2D eigenvalue weighted by atomic mass is 10.3. The van der Waals surface area contributed by atoms with Crippen LogP contribution >= 0.6 is 11.3 Å². The van der Waals surface area contributed by atoms with Crippen molar-refractivity contribution in [3.05, 3.63) is 17.0 Å². The number of thiophene rings is 1. The van der Waals surface area contributed by atoms with Crippen molar-refractivity contribution in [2.24, 2.45) is 0 Å². The summed E-state index contributed by atoms with van der Waals surface area (Å²) in [6, 6.07) is 4.23. The smallest absolute Gasteiger partial charge is 0.250 e. The molecule has 0 aliphatic rings. The number of rotatable bonds is 5. The summed E-state index contributed by atoms with van der Waals surface area (Å²) in [4.78, 5) is 0.345. The third kappa shape index (κ3) is 3.02. The largest absolute Gasteiger partial charge is 0.395 e. The zero-order valence-electron chi connectivity index (χ0n) is 8.67. The van der Waals surface area contributed by atoms with E-state index < -0.39 is 16.1 Å². The minimum atomic E-state index is -3.62. The van der Waals surface area contributed by atoms with Crippen LogP contribution in [-0.4, -0.2) is 26.2 Å². The molecule has 1 heterocycles. The number of nitrogens with one attached hydrogen (secondary N) is 1. The van der Waals surface area contributed by atoms with Crippen molar-refractivity contribution in [3.8, 4) is 6.07 Å². The fourth-order valence-electron chi connectivity index (χ4n) is 1.05. The molecule has 0 bridgehead atoms. The molecule has 0 radical (unpaired) electrons. The van der Waals surface area contributed by atoms with Gasteiger partial charge in [0.1, 0.15) is 15.2 Å². The molecule has 2 N–H and O–H groups in total. The van der Waals surface area contributed by atoms with Crippen LogP contribution < -0.4 is 4.72 Å². The molecule has 88 valence electrons. The molecule has 16 heavy (non-hydrogen) atoms. The third-order valence-corrected chi connectivity index (χ3v) is 4.99. The summed E-state index contributed by atoms with van der Waals surface area (Å²) in [6.07, 6.45) is 0.506. The van der Waals surface area contributed by atoms with Gasteiger partial charge < -0.3 is 5.11 Å². The molecule has 1 aromatic heterocycles. The average Bonchev–Trinajstić information content (AvgIpc) is 2.75. The Labute approximate surface area is 98.4 Å². The van der Waals surface area contributed by atoms with E-state index >= 15 is 0 Å². The van der Waals surface area contributed by atoms with E-state index in [0.29, 0.717) is 11.3 Å². The van der Waals surface area contributed by atoms with E-state index in [1.54, 1.807) is 6.92 Å². The van der Waals surface area contributed by atoms with Gasteiger partial charge in [-0.05, 0) is 18.6 Å². The number of sulfonamides is 1. The Hall–Kier alpha value is -0.940. The van der Waals surface area contributed by atoms with Crippen molar-refractivity contribution < 1.29 is 13.5 Å². The fraction of sp³-hybridized carbons (Fsp3) is 0.444. The van der Waals surface area contributed by atoms with Crippen LogP contribution in [0.15, 0.2) is 16.3 Å². The molecule has 5 nitrogen and oxygen atoms in total. The van der Waals surface area contributed by atoms with Crippen molar-refractivity contribution in [2.45, 2.75) is 23.6 Å². The molecular formula is C9H12N2O3S2. The molecule has 1 rings (SSSR count). The fourth-order valence-corrected chi connectivity index (χ4v) is 3.48. The van der Waals surface area contributed by atoms with Crippen molar-refractivity contribution in [2.75, 3.05) is 6.61 Å². The first-order valence-electron chi connectivity index (χ1n) is 4.66. The molecule has 7 heteroatoms. The van der Waals surface area contributed by atoms with Gasteiger partial charge in [-0.15, -0.1) is 11.3 Å². The minimum absolute atomic E-state index is 0.0935. The molecule has 0 aliphatic heterocycles. The maximum atomic E-state index is 11.8. The maximum absolute atomic E-state index is 11.8. The molecule has 1 atom stereocenters. The molecule has 0 aromatic carbocycles. The summed E-state index contributed by atoms with van der Waals surface area (Å²) in [7, 11) is -3.62. The summed E-state index contributed by atoms with van der Waals surface area (Å²) in [5, 5.41) is 17.5. The van der Waals surface area contributed by atoms with Gasteiger partial charge >= 0.3 is 0 Å². The van der Waals surface area contributed by atoms with Crippen molar-refractivity contribution >= 4 is 21.4 Å². The third-order valence-electron chi connectivity index (χ3n) is 1.99. The number of nitriles is 1. The van der Waals surface area contributed by atoms with Gasteiger partial charge in [-0.1, -0.05) is 6.92 Å². The van der Waals surface area contributed by atoms with Crippen molar-refractivity contribution in [1.82, 2.24) is 4.72 Å². The normalized spacial score (nSPS) is 13.3. The second-order valence-corrected chi connectivity index (χ2v) is 6.16. The Kier molecular flexibility index (Phi) is 4.44. The van der Waals surface area contributed by atoms with Crippen LogP contribution in [0.4, 0.5) is 0 Å². The van der Waals surface area contributed by atoms with E-state index in [1.807, 2.05) is 6.07 Å².